The first-order valence-electron chi connectivity index (χ1n) is 8.04. The third-order valence-corrected chi connectivity index (χ3v) is 4.28. The summed E-state index contributed by atoms with van der Waals surface area (Å²) < 4.78 is 48.4. The lowest BCUT2D eigenvalue weighted by atomic mass is 9.85. The van der Waals surface area contributed by atoms with E-state index in [4.69, 9.17) is 4.74 Å². The molecule has 3 rings (SSSR count). The van der Waals surface area contributed by atoms with Crippen LogP contribution in [-0.2, 0) is 25.2 Å². The molecule has 0 fully saturated rings. The molecule has 7 heteroatoms. The third kappa shape index (κ3) is 3.86. The Hall–Kier alpha value is -3.09. The summed E-state index contributed by atoms with van der Waals surface area (Å²) in [6.07, 6.45) is -3.89. The molecule has 4 nitrogen and oxygen atoms in total. The molecule has 1 aliphatic heterocycles. The fraction of sp³-hybridized carbons (Fsp3) is 0.200. The standard InChI is InChI=1S/C20H15F3O4/c1-26-18(24)16-11-15(12-5-3-2-4-6-12)17(27-19(16)25)13-7-9-14(10-8-13)20(21,22)23/h2-11,15,17H,1H3/t15-,17-/m1/s1. The number of hydrogen-bond acceptors (Lipinski definition) is 4. The normalized spacial score (nSPS) is 19.9. The van der Waals surface area contributed by atoms with Gasteiger partial charge in [0.05, 0.1) is 12.7 Å². The van der Waals surface area contributed by atoms with Crippen LogP contribution >= 0.6 is 0 Å². The van der Waals surface area contributed by atoms with Crippen LogP contribution in [0.5, 0.6) is 0 Å². The molecule has 0 saturated carbocycles. The lowest BCUT2D eigenvalue weighted by Crippen LogP contribution is -2.28. The summed E-state index contributed by atoms with van der Waals surface area (Å²) >= 11 is 0. The van der Waals surface area contributed by atoms with Gasteiger partial charge in [0.25, 0.3) is 0 Å². The predicted molar refractivity (Wildman–Crippen MR) is 89.6 cm³/mol. The summed E-state index contributed by atoms with van der Waals surface area (Å²) in [6, 6.07) is 13.3. The average Bonchev–Trinajstić information content (AvgIpc) is 2.67. The molecule has 0 aromatic heterocycles. The number of carbonyl (C=O) groups is 2. The summed E-state index contributed by atoms with van der Waals surface area (Å²) in [5.74, 6) is -2.25. The van der Waals surface area contributed by atoms with E-state index >= 15 is 0 Å². The largest absolute Gasteiger partial charge is 0.465 e. The van der Waals surface area contributed by atoms with E-state index in [1.807, 2.05) is 0 Å². The van der Waals surface area contributed by atoms with Gasteiger partial charge < -0.3 is 9.47 Å². The van der Waals surface area contributed by atoms with E-state index < -0.39 is 35.7 Å². The second kappa shape index (κ2) is 7.26. The van der Waals surface area contributed by atoms with E-state index in [1.54, 1.807) is 30.3 Å². The van der Waals surface area contributed by atoms with Crippen molar-refractivity contribution in [1.29, 1.82) is 0 Å². The van der Waals surface area contributed by atoms with Crippen molar-refractivity contribution in [1.82, 2.24) is 0 Å². The Labute approximate surface area is 153 Å². The maximum Gasteiger partial charge on any atom is 0.416 e. The molecule has 0 saturated heterocycles. The molecule has 1 heterocycles. The Morgan fingerprint density at radius 1 is 1.00 bits per heavy atom. The van der Waals surface area contributed by atoms with Gasteiger partial charge >= 0.3 is 18.1 Å². The second-order valence-corrected chi connectivity index (χ2v) is 5.95. The zero-order valence-corrected chi connectivity index (χ0v) is 14.2. The molecule has 140 valence electrons. The summed E-state index contributed by atoms with van der Waals surface area (Å²) in [6.45, 7) is 0. The molecule has 0 unspecified atom stereocenters. The minimum atomic E-state index is -4.46. The maximum absolute atomic E-state index is 12.8. The molecule has 0 N–H and O–H groups in total. The Morgan fingerprint density at radius 2 is 1.63 bits per heavy atom. The van der Waals surface area contributed by atoms with E-state index in [0.29, 0.717) is 5.56 Å². The highest BCUT2D eigenvalue weighted by molar-refractivity contribution is 6.14. The van der Waals surface area contributed by atoms with Gasteiger partial charge in [0, 0.05) is 5.92 Å². The number of rotatable bonds is 3. The van der Waals surface area contributed by atoms with Crippen LogP contribution in [0, 0.1) is 0 Å². The second-order valence-electron chi connectivity index (χ2n) is 5.95. The Morgan fingerprint density at radius 3 is 2.19 bits per heavy atom. The van der Waals surface area contributed by atoms with Gasteiger partial charge in [-0.15, -0.1) is 0 Å². The summed E-state index contributed by atoms with van der Waals surface area (Å²) in [7, 11) is 1.15. The zero-order valence-electron chi connectivity index (χ0n) is 14.2. The van der Waals surface area contributed by atoms with Gasteiger partial charge in [0.1, 0.15) is 11.7 Å². The van der Waals surface area contributed by atoms with Crippen LogP contribution in [0.2, 0.25) is 0 Å². The number of hydrogen-bond donors (Lipinski definition) is 0. The first-order chi connectivity index (χ1) is 12.8. The van der Waals surface area contributed by atoms with E-state index in [2.05, 4.69) is 4.74 Å². The van der Waals surface area contributed by atoms with Crippen molar-refractivity contribution in [3.8, 4) is 0 Å². The molecular formula is C20H15F3O4. The van der Waals surface area contributed by atoms with Crippen LogP contribution in [-0.4, -0.2) is 19.0 Å². The van der Waals surface area contributed by atoms with Gasteiger partial charge in [-0.1, -0.05) is 48.5 Å². The molecular weight excluding hydrogens is 361 g/mol. The highest BCUT2D eigenvalue weighted by atomic mass is 19.4. The molecule has 0 radical (unpaired) electrons. The Kier molecular flexibility index (Phi) is 5.03. The Balaban J connectivity index is 2.04. The van der Waals surface area contributed by atoms with E-state index in [1.165, 1.54) is 18.2 Å². The number of cyclic esters (lactones) is 1. The molecule has 0 aliphatic carbocycles. The summed E-state index contributed by atoms with van der Waals surface area (Å²) in [5, 5.41) is 0. The number of alkyl halides is 3. The smallest absolute Gasteiger partial charge is 0.416 e. The van der Waals surface area contributed by atoms with Crippen molar-refractivity contribution in [3.63, 3.8) is 0 Å². The van der Waals surface area contributed by atoms with E-state index in [-0.39, 0.29) is 5.57 Å². The SMILES string of the molecule is COC(=O)C1=C[C@H](c2ccccc2)[C@@H](c2ccc(C(F)(F)F)cc2)OC1=O. The molecule has 2 aromatic carbocycles. The number of halogens is 3. The van der Waals surface area contributed by atoms with Crippen molar-refractivity contribution < 1.29 is 32.2 Å². The van der Waals surface area contributed by atoms with Crippen molar-refractivity contribution >= 4 is 11.9 Å². The molecule has 1 aliphatic rings. The highest BCUT2D eigenvalue weighted by Crippen LogP contribution is 2.40. The zero-order chi connectivity index (χ0) is 19.6. The fourth-order valence-electron chi connectivity index (χ4n) is 2.93. The number of carbonyl (C=O) groups excluding carboxylic acids is 2. The molecule has 0 amide bonds. The van der Waals surface area contributed by atoms with Gasteiger partial charge in [-0.05, 0) is 23.3 Å². The average molecular weight is 376 g/mol. The Bertz CT molecular complexity index is 870. The number of methoxy groups -OCH3 is 1. The fourth-order valence-corrected chi connectivity index (χ4v) is 2.93. The van der Waals surface area contributed by atoms with Gasteiger partial charge in [0.15, 0.2) is 0 Å². The predicted octanol–water partition coefficient (Wildman–Crippen LogP) is 4.19. The van der Waals surface area contributed by atoms with E-state index in [9.17, 15) is 22.8 Å². The van der Waals surface area contributed by atoms with Crippen LogP contribution in [0.1, 0.15) is 28.7 Å². The van der Waals surface area contributed by atoms with Gasteiger partial charge in [-0.2, -0.15) is 13.2 Å². The summed E-state index contributed by atoms with van der Waals surface area (Å²) in [5.41, 5.74) is 0.103. The lowest BCUT2D eigenvalue weighted by molar-refractivity contribution is -0.152. The van der Waals surface area contributed by atoms with Gasteiger partial charge in [-0.3, -0.25) is 0 Å². The van der Waals surface area contributed by atoms with Crippen molar-refractivity contribution in [2.24, 2.45) is 0 Å². The van der Waals surface area contributed by atoms with Crippen LogP contribution < -0.4 is 0 Å². The molecule has 2 aromatic rings. The third-order valence-electron chi connectivity index (χ3n) is 4.28. The monoisotopic (exact) mass is 376 g/mol. The number of esters is 2. The molecule has 0 spiro atoms. The van der Waals surface area contributed by atoms with Crippen LogP contribution in [0.25, 0.3) is 0 Å². The first kappa shape index (κ1) is 18.7. The summed E-state index contributed by atoms with van der Waals surface area (Å²) in [4.78, 5) is 24.0. The van der Waals surface area contributed by atoms with Crippen molar-refractivity contribution in [2.75, 3.05) is 7.11 Å². The highest BCUT2D eigenvalue weighted by Gasteiger charge is 2.37. The topological polar surface area (TPSA) is 52.6 Å². The van der Waals surface area contributed by atoms with E-state index in [0.717, 1.165) is 24.8 Å². The first-order valence-corrected chi connectivity index (χ1v) is 8.04. The van der Waals surface area contributed by atoms with Gasteiger partial charge in [-0.25, -0.2) is 9.59 Å². The minimum absolute atomic E-state index is 0.241. The number of benzene rings is 2. The van der Waals surface area contributed by atoms with Crippen molar-refractivity contribution in [3.05, 3.63) is 82.9 Å². The maximum atomic E-state index is 12.8. The molecule has 27 heavy (non-hydrogen) atoms. The van der Waals surface area contributed by atoms with Crippen LogP contribution in [0.15, 0.2) is 66.2 Å². The molecule has 0 bridgehead atoms. The minimum Gasteiger partial charge on any atom is -0.465 e. The van der Waals surface area contributed by atoms with Crippen molar-refractivity contribution in [2.45, 2.75) is 18.2 Å². The molecule has 2 atom stereocenters. The van der Waals surface area contributed by atoms with Crippen LogP contribution in [0.4, 0.5) is 13.2 Å². The lowest BCUT2D eigenvalue weighted by Gasteiger charge is -2.30. The number of ether oxygens (including phenoxy) is 2. The quantitative estimate of drug-likeness (QED) is 0.596. The van der Waals surface area contributed by atoms with Crippen LogP contribution in [0.3, 0.4) is 0 Å². The van der Waals surface area contributed by atoms with Gasteiger partial charge in [0.2, 0.25) is 0 Å².